The number of hydrogen-bond donors (Lipinski definition) is 3. The molecule has 0 unspecified atom stereocenters. The molecular weight excluding hydrogens is 1040 g/mol. The van der Waals surface area contributed by atoms with Crippen molar-refractivity contribution in [2.24, 2.45) is 5.73 Å². The average molecular weight is 1110 g/mol. The zero-order chi connectivity index (χ0) is 57.4. The molecule has 3 amide bonds. The van der Waals surface area contributed by atoms with Crippen LogP contribution in [0.25, 0.3) is 67.4 Å². The maximum atomic E-state index is 13.3. The number of aryl methyl sites for hydroxylation is 2. The fourth-order valence-electron chi connectivity index (χ4n) is 10.4. The topological polar surface area (TPSA) is 305 Å². The van der Waals surface area contributed by atoms with Gasteiger partial charge in [0.15, 0.2) is 34.7 Å². The second-order valence-corrected chi connectivity index (χ2v) is 19.6. The Morgan fingerprint density at radius 3 is 1.68 bits per heavy atom. The number of likely N-dealkylation sites (tertiary alicyclic amines) is 1. The molecule has 10 aromatic rings. The minimum atomic E-state index is -0.558. The molecular formula is C59H60N16O7. The molecule has 8 heterocycles. The highest BCUT2D eigenvalue weighted by Crippen LogP contribution is 2.36. The van der Waals surface area contributed by atoms with Gasteiger partial charge in [0.25, 0.3) is 11.8 Å². The lowest BCUT2D eigenvalue weighted by atomic mass is 9.99. The summed E-state index contributed by atoms with van der Waals surface area (Å²) in [4.78, 5) is 73.6. The van der Waals surface area contributed by atoms with Crippen molar-refractivity contribution in [1.29, 1.82) is 0 Å². The molecule has 0 saturated carbocycles. The van der Waals surface area contributed by atoms with E-state index in [1.807, 2.05) is 119 Å². The number of nitrogens with zero attached hydrogens (tertiary/aromatic N) is 13. The number of pyridine rings is 2. The van der Waals surface area contributed by atoms with Crippen LogP contribution in [0.15, 0.2) is 137 Å². The number of benzene rings is 4. The summed E-state index contributed by atoms with van der Waals surface area (Å²) in [5.74, 6) is 0.508. The van der Waals surface area contributed by atoms with Gasteiger partial charge >= 0.3 is 5.97 Å². The summed E-state index contributed by atoms with van der Waals surface area (Å²) in [6, 6.07) is 31.9. The number of imidazole rings is 2. The lowest BCUT2D eigenvalue weighted by Crippen LogP contribution is -2.47. The van der Waals surface area contributed by atoms with Gasteiger partial charge in [-0.2, -0.15) is 0 Å². The predicted molar refractivity (Wildman–Crippen MR) is 306 cm³/mol. The van der Waals surface area contributed by atoms with E-state index in [9.17, 15) is 19.2 Å². The summed E-state index contributed by atoms with van der Waals surface area (Å²) < 4.78 is 18.4. The van der Waals surface area contributed by atoms with E-state index < -0.39 is 12.0 Å². The molecule has 23 heteroatoms. The first-order valence-corrected chi connectivity index (χ1v) is 26.7. The number of anilines is 2. The number of likely N-dealkylation sites (N-methyl/N-ethyl adjacent to an activating group) is 1. The van der Waals surface area contributed by atoms with Crippen LogP contribution >= 0.6 is 0 Å². The first kappa shape index (κ1) is 55.2. The van der Waals surface area contributed by atoms with Crippen molar-refractivity contribution >= 4 is 57.4 Å². The number of fused-ring (bicyclic) bond motifs is 2. The van der Waals surface area contributed by atoms with Crippen molar-refractivity contribution in [2.45, 2.75) is 52.2 Å². The largest absolute Gasteiger partial charge is 0.467 e. The number of carbonyl (C=O) groups excluding carboxylic acids is 4. The second kappa shape index (κ2) is 24.5. The Morgan fingerprint density at radius 2 is 1.17 bits per heavy atom. The number of piperazine rings is 1. The van der Waals surface area contributed by atoms with Crippen molar-refractivity contribution in [2.75, 3.05) is 58.3 Å². The van der Waals surface area contributed by atoms with Crippen LogP contribution in [0.4, 0.5) is 11.6 Å². The Bertz CT molecular complexity index is 3940. The molecule has 1 atom stereocenters. The maximum absolute atomic E-state index is 13.3. The van der Waals surface area contributed by atoms with Gasteiger partial charge in [-0.05, 0) is 113 Å². The van der Waals surface area contributed by atoms with Crippen LogP contribution in [0.2, 0.25) is 0 Å². The maximum Gasteiger partial charge on any atom is 0.328 e. The van der Waals surface area contributed by atoms with Crippen LogP contribution < -0.4 is 17.2 Å². The van der Waals surface area contributed by atoms with Gasteiger partial charge in [-0.3, -0.25) is 24.4 Å². The Balaban J connectivity index is 0.000000146. The third kappa shape index (κ3) is 11.3. The van der Waals surface area contributed by atoms with Crippen LogP contribution in [-0.4, -0.2) is 141 Å². The van der Waals surface area contributed by atoms with E-state index in [1.54, 1.807) is 41.8 Å². The fraction of sp³-hybridized carbons (Fsp3) is 0.254. The van der Waals surface area contributed by atoms with Crippen molar-refractivity contribution in [1.82, 2.24) is 64.4 Å². The van der Waals surface area contributed by atoms with Gasteiger partial charge in [0.05, 0.1) is 30.5 Å². The van der Waals surface area contributed by atoms with E-state index in [1.165, 1.54) is 12.7 Å². The van der Waals surface area contributed by atoms with E-state index >= 15 is 0 Å². The van der Waals surface area contributed by atoms with E-state index in [-0.39, 0.29) is 29.4 Å². The summed E-state index contributed by atoms with van der Waals surface area (Å²) in [5, 5.41) is 15.2. The number of nitrogen functional groups attached to an aromatic ring is 2. The highest BCUT2D eigenvalue weighted by Gasteiger charge is 2.35. The van der Waals surface area contributed by atoms with Gasteiger partial charge in [0, 0.05) is 86.0 Å². The first-order chi connectivity index (χ1) is 39.9. The molecule has 0 radical (unpaired) electrons. The molecule has 0 aliphatic carbocycles. The highest BCUT2D eigenvalue weighted by molar-refractivity contribution is 6.01. The van der Waals surface area contributed by atoms with Gasteiger partial charge < -0.3 is 45.8 Å². The summed E-state index contributed by atoms with van der Waals surface area (Å²) in [7, 11) is 3.41. The van der Waals surface area contributed by atoms with E-state index in [2.05, 4.69) is 52.5 Å². The number of aromatic nitrogens is 10. The minimum absolute atomic E-state index is 0.0474. The number of primary amides is 1. The summed E-state index contributed by atoms with van der Waals surface area (Å²) in [6.45, 7) is 8.97. The van der Waals surface area contributed by atoms with Crippen LogP contribution in [-0.2, 0) is 29.0 Å². The monoisotopic (exact) mass is 1100 g/mol. The predicted octanol–water partition coefficient (Wildman–Crippen LogP) is 7.04. The summed E-state index contributed by atoms with van der Waals surface area (Å²) in [5.41, 5.74) is 28.3. The van der Waals surface area contributed by atoms with Crippen LogP contribution in [0.5, 0.6) is 0 Å². The number of amides is 3. The SMILES string of the molecule is CCn1c(-c2nonc2N)nc2cncc(-c3cccc(C(=O)N4CCC[C@H]4C(=O)OC)c3)c21.CCn1c(-c2nonc2N)nc2cncc(-c3cccc(C(=O)N4CCN(C)CC4)c3)c21.NC(=O)c1ccccc1Cc1ccccc1. The summed E-state index contributed by atoms with van der Waals surface area (Å²) in [6.07, 6.45) is 8.99. The normalized spacial score (nSPS) is 14.3. The van der Waals surface area contributed by atoms with Crippen molar-refractivity contribution in [3.8, 4) is 45.3 Å². The van der Waals surface area contributed by atoms with Crippen molar-refractivity contribution in [3.63, 3.8) is 0 Å². The number of nitrogens with two attached hydrogens (primary N) is 3. The minimum Gasteiger partial charge on any atom is -0.467 e. The second-order valence-electron chi connectivity index (χ2n) is 19.6. The molecule has 82 heavy (non-hydrogen) atoms. The fourth-order valence-corrected chi connectivity index (χ4v) is 10.4. The lowest BCUT2D eigenvalue weighted by molar-refractivity contribution is -0.145. The molecule has 418 valence electrons. The van der Waals surface area contributed by atoms with Gasteiger partial charge in [-0.25, -0.2) is 24.0 Å². The number of rotatable bonds is 12. The molecule has 23 nitrogen and oxygen atoms in total. The Morgan fingerprint density at radius 1 is 0.634 bits per heavy atom. The lowest BCUT2D eigenvalue weighted by Gasteiger charge is -2.32. The third-order valence-electron chi connectivity index (χ3n) is 14.5. The van der Waals surface area contributed by atoms with Crippen LogP contribution in [0, 0.1) is 0 Å². The Kier molecular flexibility index (Phi) is 16.5. The number of hydrogen-bond acceptors (Lipinski definition) is 18. The van der Waals surface area contributed by atoms with Crippen molar-refractivity contribution < 1.29 is 33.2 Å². The average Bonchev–Trinajstić information content (AvgIpc) is 4.49. The van der Waals surface area contributed by atoms with E-state index in [0.29, 0.717) is 76.8 Å². The number of esters is 1. The molecule has 0 bridgehead atoms. The zero-order valence-electron chi connectivity index (χ0n) is 45.7. The number of ether oxygens (including phenoxy) is 1. The number of carbonyl (C=O) groups is 4. The molecule has 0 spiro atoms. The molecule has 6 aromatic heterocycles. The molecule has 12 rings (SSSR count). The van der Waals surface area contributed by atoms with Gasteiger partial charge in [-0.1, -0.05) is 72.8 Å². The van der Waals surface area contributed by atoms with Crippen molar-refractivity contribution in [3.05, 3.63) is 156 Å². The molecule has 6 N–H and O–H groups in total. The standard InChI is InChI=1S/C23H23N7O4.C22H24N8O2.C14H13NO/c1-3-29-19-15(11-25-12-16(19)26-21(29)18-20(24)28-34-27-18)13-6-4-7-14(10-13)22(31)30-9-5-8-17(30)23(32)33-2;1-3-30-19-16(12-24-13-17(19)25-21(30)18-20(23)27-32-26-18)14-5-4-6-15(11-14)22(31)29-9-7-28(2)8-10-29;15-14(16)13-9-5-4-8-12(13)10-11-6-2-1-3-7-11/h4,6-7,10-12,17H,3,5,8-9H2,1-2H3,(H2,24,28);4-6,11-13H,3,7-10H2,1-2H3,(H2,23,27);1-9H,10H2,(H2,15,16)/t17-;;/m0../s1. The molecule has 2 aliphatic rings. The first-order valence-electron chi connectivity index (χ1n) is 26.7. The summed E-state index contributed by atoms with van der Waals surface area (Å²) >= 11 is 0. The molecule has 2 saturated heterocycles. The molecule has 2 aliphatic heterocycles. The van der Waals surface area contributed by atoms with Gasteiger partial charge in [0.2, 0.25) is 5.91 Å². The number of methoxy groups -OCH3 is 1. The molecule has 4 aromatic carbocycles. The third-order valence-corrected chi connectivity index (χ3v) is 14.5. The molecule has 2 fully saturated rings. The Hall–Kier alpha value is -10.2. The zero-order valence-corrected chi connectivity index (χ0v) is 45.7. The van der Waals surface area contributed by atoms with Crippen LogP contribution in [0.3, 0.4) is 0 Å². The van der Waals surface area contributed by atoms with E-state index in [0.717, 1.165) is 77.9 Å². The smallest absolute Gasteiger partial charge is 0.328 e. The van der Waals surface area contributed by atoms with E-state index in [4.69, 9.17) is 31.2 Å². The Labute approximate surface area is 470 Å². The highest BCUT2D eigenvalue weighted by atomic mass is 16.6. The quantitative estimate of drug-likeness (QED) is 0.103. The van der Waals surface area contributed by atoms with Gasteiger partial charge in [0.1, 0.15) is 17.1 Å². The van der Waals surface area contributed by atoms with Crippen LogP contribution in [0.1, 0.15) is 68.9 Å². The van der Waals surface area contributed by atoms with Gasteiger partial charge in [-0.15, -0.1) is 0 Å².